The number of hydrogen-bond donors (Lipinski definition) is 1. The molecular formula is C23H31N5O3. The van der Waals surface area contributed by atoms with Crippen molar-refractivity contribution in [2.24, 2.45) is 5.92 Å². The van der Waals surface area contributed by atoms with Gasteiger partial charge in [0.05, 0.1) is 19.3 Å². The van der Waals surface area contributed by atoms with Crippen molar-refractivity contribution in [1.29, 1.82) is 0 Å². The quantitative estimate of drug-likeness (QED) is 0.565. The van der Waals surface area contributed by atoms with E-state index in [0.717, 1.165) is 18.4 Å². The van der Waals surface area contributed by atoms with Crippen LogP contribution >= 0.6 is 0 Å². The topological polar surface area (TPSA) is 92.6 Å². The monoisotopic (exact) mass is 425 g/mol. The zero-order valence-electron chi connectivity index (χ0n) is 18.9. The Hall–Kier alpha value is -3.16. The Morgan fingerprint density at radius 2 is 2.06 bits per heavy atom. The van der Waals surface area contributed by atoms with Crippen LogP contribution in [0, 0.1) is 12.8 Å². The molecule has 1 N–H and O–H groups in total. The number of rotatable bonds is 9. The second kappa shape index (κ2) is 9.76. The summed E-state index contributed by atoms with van der Waals surface area (Å²) in [5.41, 5.74) is 2.11. The third kappa shape index (κ3) is 5.13. The molecule has 3 aromatic rings. The van der Waals surface area contributed by atoms with E-state index in [4.69, 9.17) is 4.74 Å². The fourth-order valence-electron chi connectivity index (χ4n) is 3.50. The van der Waals surface area contributed by atoms with Gasteiger partial charge in [0.25, 0.3) is 11.3 Å². The van der Waals surface area contributed by atoms with Gasteiger partial charge in [-0.25, -0.2) is 4.98 Å². The molecule has 1 amide bonds. The van der Waals surface area contributed by atoms with Crippen molar-refractivity contribution in [3.63, 3.8) is 0 Å². The second-order valence-corrected chi connectivity index (χ2v) is 8.20. The van der Waals surface area contributed by atoms with Crippen LogP contribution in [0.3, 0.4) is 0 Å². The van der Waals surface area contributed by atoms with E-state index in [1.54, 1.807) is 12.0 Å². The standard InChI is InChI=1S/C23H31N5O3/c1-6-7-11-19-16(4)24-22-25-23(26-28(22)21(19)30)27(20(29)12-15(2)3)14-17-9-8-10-18(13-17)31-5/h8-10,13,15H,6-7,11-12,14H2,1-5H3,(H,24,25,26). The molecule has 0 aliphatic heterocycles. The fourth-order valence-corrected chi connectivity index (χ4v) is 3.50. The summed E-state index contributed by atoms with van der Waals surface area (Å²) in [4.78, 5) is 36.7. The second-order valence-electron chi connectivity index (χ2n) is 8.20. The van der Waals surface area contributed by atoms with Gasteiger partial charge in [-0.2, -0.15) is 9.50 Å². The number of fused-ring (bicyclic) bond motifs is 1. The highest BCUT2D eigenvalue weighted by Crippen LogP contribution is 2.20. The lowest BCUT2D eigenvalue weighted by atomic mass is 10.1. The minimum Gasteiger partial charge on any atom is -0.497 e. The molecule has 0 bridgehead atoms. The molecule has 31 heavy (non-hydrogen) atoms. The van der Waals surface area contributed by atoms with Crippen molar-refractivity contribution in [3.8, 4) is 5.75 Å². The average molecular weight is 426 g/mol. The first-order chi connectivity index (χ1) is 14.8. The molecule has 0 spiro atoms. The number of carbonyl (C=O) groups is 1. The average Bonchev–Trinajstić information content (AvgIpc) is 3.15. The number of carbonyl (C=O) groups excluding carboxylic acids is 1. The van der Waals surface area contributed by atoms with Gasteiger partial charge in [0.2, 0.25) is 11.9 Å². The third-order valence-electron chi connectivity index (χ3n) is 5.18. The van der Waals surface area contributed by atoms with Crippen molar-refractivity contribution in [1.82, 2.24) is 19.6 Å². The molecule has 0 radical (unpaired) electrons. The van der Waals surface area contributed by atoms with Gasteiger partial charge in [-0.05, 0) is 43.4 Å². The number of unbranched alkanes of at least 4 members (excludes halogenated alkanes) is 1. The number of anilines is 1. The van der Waals surface area contributed by atoms with Crippen molar-refractivity contribution in [2.45, 2.75) is 59.9 Å². The van der Waals surface area contributed by atoms with Gasteiger partial charge in [0.1, 0.15) is 5.75 Å². The molecule has 0 saturated carbocycles. The molecule has 8 nitrogen and oxygen atoms in total. The highest BCUT2D eigenvalue weighted by Gasteiger charge is 2.22. The van der Waals surface area contributed by atoms with Gasteiger partial charge in [-0.15, -0.1) is 0 Å². The van der Waals surface area contributed by atoms with Crippen LogP contribution < -0.4 is 15.2 Å². The third-order valence-corrected chi connectivity index (χ3v) is 5.18. The molecule has 2 aromatic heterocycles. The molecule has 2 heterocycles. The Morgan fingerprint density at radius 3 is 2.74 bits per heavy atom. The van der Waals surface area contributed by atoms with E-state index in [0.29, 0.717) is 42.3 Å². The highest BCUT2D eigenvalue weighted by atomic mass is 16.5. The van der Waals surface area contributed by atoms with Gasteiger partial charge in [-0.3, -0.25) is 19.6 Å². The van der Waals surface area contributed by atoms with E-state index in [1.165, 1.54) is 4.52 Å². The van der Waals surface area contributed by atoms with E-state index in [1.807, 2.05) is 45.0 Å². The number of nitrogens with zero attached hydrogens (tertiary/aromatic N) is 4. The first kappa shape index (κ1) is 22.5. The van der Waals surface area contributed by atoms with E-state index in [9.17, 15) is 9.59 Å². The number of ether oxygens (including phenoxy) is 1. The number of amides is 1. The van der Waals surface area contributed by atoms with E-state index >= 15 is 0 Å². The lowest BCUT2D eigenvalue weighted by Gasteiger charge is -2.21. The van der Waals surface area contributed by atoms with Crippen LogP contribution in [0.5, 0.6) is 5.75 Å². The summed E-state index contributed by atoms with van der Waals surface area (Å²) in [7, 11) is 1.61. The van der Waals surface area contributed by atoms with Crippen molar-refractivity contribution >= 4 is 17.6 Å². The van der Waals surface area contributed by atoms with Gasteiger partial charge in [0.15, 0.2) is 0 Å². The lowest BCUT2D eigenvalue weighted by molar-refractivity contribution is -0.119. The zero-order valence-corrected chi connectivity index (χ0v) is 18.9. The number of hydrogen-bond acceptors (Lipinski definition) is 5. The number of aryl methyl sites for hydroxylation is 1. The van der Waals surface area contributed by atoms with Gasteiger partial charge in [0, 0.05) is 12.0 Å². The number of nitrogens with one attached hydrogen (secondary N) is 1. The summed E-state index contributed by atoms with van der Waals surface area (Å²) in [5.74, 6) is 1.41. The molecule has 0 aliphatic carbocycles. The summed E-state index contributed by atoms with van der Waals surface area (Å²) < 4.78 is 6.65. The van der Waals surface area contributed by atoms with E-state index in [-0.39, 0.29) is 23.2 Å². The largest absolute Gasteiger partial charge is 0.497 e. The fraction of sp³-hybridized carbons (Fsp3) is 0.478. The number of aromatic nitrogens is 4. The number of H-pyrrole nitrogens is 1. The maximum atomic E-state index is 13.1. The molecule has 0 atom stereocenters. The number of benzene rings is 1. The molecule has 1 aromatic carbocycles. The molecule has 0 fully saturated rings. The lowest BCUT2D eigenvalue weighted by Crippen LogP contribution is -2.32. The Bertz CT molecular complexity index is 1120. The molecule has 8 heteroatoms. The summed E-state index contributed by atoms with van der Waals surface area (Å²) in [5, 5.41) is 3.02. The van der Waals surface area contributed by atoms with Crippen LogP contribution in [0.4, 0.5) is 5.95 Å². The first-order valence-electron chi connectivity index (χ1n) is 10.8. The van der Waals surface area contributed by atoms with Crippen LogP contribution in [-0.2, 0) is 17.8 Å². The molecule has 0 aliphatic rings. The Labute approximate surface area is 182 Å². The summed E-state index contributed by atoms with van der Waals surface area (Å²) in [6.07, 6.45) is 2.95. The van der Waals surface area contributed by atoms with Crippen LogP contribution in [0.15, 0.2) is 29.1 Å². The van der Waals surface area contributed by atoms with Gasteiger partial charge >= 0.3 is 0 Å². The molecule has 0 saturated heterocycles. The smallest absolute Gasteiger partial charge is 0.277 e. The predicted octanol–water partition coefficient (Wildman–Crippen LogP) is 3.66. The molecule has 3 rings (SSSR count). The van der Waals surface area contributed by atoms with Gasteiger partial charge < -0.3 is 4.74 Å². The minimum absolute atomic E-state index is 0.0761. The summed E-state index contributed by atoms with van der Waals surface area (Å²) >= 11 is 0. The Kier molecular flexibility index (Phi) is 7.09. The summed E-state index contributed by atoms with van der Waals surface area (Å²) in [6.45, 7) is 8.22. The van der Waals surface area contributed by atoms with Crippen molar-refractivity contribution < 1.29 is 9.53 Å². The maximum Gasteiger partial charge on any atom is 0.277 e. The predicted molar refractivity (Wildman–Crippen MR) is 121 cm³/mol. The number of aromatic amines is 1. The van der Waals surface area contributed by atoms with E-state index < -0.39 is 0 Å². The summed E-state index contributed by atoms with van der Waals surface area (Å²) in [6, 6.07) is 7.55. The van der Waals surface area contributed by atoms with E-state index in [2.05, 4.69) is 22.0 Å². The number of methoxy groups -OCH3 is 1. The molecular weight excluding hydrogens is 394 g/mol. The normalized spacial score (nSPS) is 11.3. The van der Waals surface area contributed by atoms with Crippen LogP contribution in [0.2, 0.25) is 0 Å². The highest BCUT2D eigenvalue weighted by molar-refractivity contribution is 5.91. The zero-order chi connectivity index (χ0) is 22.5. The maximum absolute atomic E-state index is 13.1. The minimum atomic E-state index is -0.160. The molecule has 0 unspecified atom stereocenters. The van der Waals surface area contributed by atoms with Crippen LogP contribution in [-0.4, -0.2) is 32.6 Å². The van der Waals surface area contributed by atoms with Crippen molar-refractivity contribution in [2.75, 3.05) is 12.0 Å². The SMILES string of the molecule is CCCCc1c(C)nc2nc(N(Cc3cccc(OC)c3)C(=O)CC(C)C)[nH]n2c1=O. The first-order valence-corrected chi connectivity index (χ1v) is 10.8. The van der Waals surface area contributed by atoms with Crippen LogP contribution in [0.25, 0.3) is 5.78 Å². The van der Waals surface area contributed by atoms with Crippen LogP contribution in [0.1, 0.15) is 56.9 Å². The molecule has 166 valence electrons. The van der Waals surface area contributed by atoms with Crippen molar-refractivity contribution in [3.05, 3.63) is 51.4 Å². The van der Waals surface area contributed by atoms with Gasteiger partial charge in [-0.1, -0.05) is 39.3 Å². The Morgan fingerprint density at radius 1 is 1.29 bits per heavy atom. The Balaban J connectivity index is 2.04.